The number of alkyl carbamates (subject to hydrolysis) is 1. The Labute approximate surface area is 197 Å². The molecule has 0 radical (unpaired) electrons. The van der Waals surface area contributed by atoms with Crippen LogP contribution in [-0.4, -0.2) is 56.9 Å². The van der Waals surface area contributed by atoms with Crippen LogP contribution in [0.25, 0.3) is 17.1 Å². The third kappa shape index (κ3) is 5.17. The summed E-state index contributed by atoms with van der Waals surface area (Å²) >= 11 is 0. The first kappa shape index (κ1) is 23.6. The van der Waals surface area contributed by atoms with Crippen LogP contribution in [0.5, 0.6) is 0 Å². The number of hydrogen-bond donors (Lipinski definition) is 3. The Balaban J connectivity index is 1.48. The Morgan fingerprint density at radius 2 is 2.00 bits per heavy atom. The normalized spacial score (nSPS) is 17.6. The summed E-state index contributed by atoms with van der Waals surface area (Å²) in [5, 5.41) is 14.3. The van der Waals surface area contributed by atoms with Crippen molar-refractivity contribution in [1.82, 2.24) is 25.7 Å². The minimum Gasteiger partial charge on any atom is -0.480 e. The third-order valence-electron chi connectivity index (χ3n) is 5.56. The van der Waals surface area contributed by atoms with Gasteiger partial charge in [0.15, 0.2) is 5.82 Å². The fraction of sp³-hybridized carbons (Fsp3) is 0.417. The van der Waals surface area contributed by atoms with Crippen LogP contribution in [0.1, 0.15) is 44.9 Å². The second-order valence-electron chi connectivity index (χ2n) is 9.30. The highest BCUT2D eigenvalue weighted by Crippen LogP contribution is 2.36. The highest BCUT2D eigenvalue weighted by molar-refractivity contribution is 5.85. The van der Waals surface area contributed by atoms with Crippen molar-refractivity contribution in [2.45, 2.75) is 51.7 Å². The number of rotatable bonds is 6. The Kier molecular flexibility index (Phi) is 6.52. The van der Waals surface area contributed by atoms with E-state index < -0.39 is 23.7 Å². The van der Waals surface area contributed by atoms with E-state index in [1.165, 1.54) is 12.1 Å². The summed E-state index contributed by atoms with van der Waals surface area (Å²) in [6.45, 7) is 6.11. The highest BCUT2D eigenvalue weighted by Gasteiger charge is 2.40. The van der Waals surface area contributed by atoms with Gasteiger partial charge in [-0.15, -0.1) is 0 Å². The maximum absolute atomic E-state index is 13.3. The Morgan fingerprint density at radius 3 is 2.68 bits per heavy atom. The Bertz CT molecular complexity index is 1130. The number of carbonyl (C=O) groups is 2. The second kappa shape index (κ2) is 9.38. The van der Waals surface area contributed by atoms with Gasteiger partial charge < -0.3 is 20.6 Å². The van der Waals surface area contributed by atoms with Gasteiger partial charge in [0.2, 0.25) is 0 Å². The van der Waals surface area contributed by atoms with E-state index in [0.717, 1.165) is 11.1 Å². The molecular weight excluding hydrogens is 441 g/mol. The van der Waals surface area contributed by atoms with Crippen molar-refractivity contribution >= 4 is 17.8 Å². The lowest BCUT2D eigenvalue weighted by Crippen LogP contribution is -2.45. The number of hydrogen-bond acceptors (Lipinski definition) is 7. The smallest absolute Gasteiger partial charge is 0.407 e. The molecule has 0 bridgehead atoms. The predicted molar refractivity (Wildman–Crippen MR) is 123 cm³/mol. The number of fused-ring (bicyclic) bond motifs is 2. The molecule has 1 atom stereocenters. The number of ether oxygens (including phenoxy) is 1. The van der Waals surface area contributed by atoms with E-state index in [0.29, 0.717) is 55.1 Å². The zero-order valence-electron chi connectivity index (χ0n) is 19.4. The molecule has 2 heterocycles. The molecule has 1 aliphatic carbocycles. The molecule has 2 aliphatic rings. The van der Waals surface area contributed by atoms with E-state index in [1.54, 1.807) is 44.1 Å². The monoisotopic (exact) mass is 469 g/mol. The highest BCUT2D eigenvalue weighted by atomic mass is 19.1. The number of nitrogens with one attached hydrogen (secondary N) is 2. The summed E-state index contributed by atoms with van der Waals surface area (Å²) in [4.78, 5) is 33.1. The predicted octanol–water partition coefficient (Wildman–Crippen LogP) is 3.13. The fourth-order valence-corrected chi connectivity index (χ4v) is 4.11. The molecule has 4 rings (SSSR count). The Hall–Kier alpha value is -3.53. The van der Waals surface area contributed by atoms with Gasteiger partial charge in [0.05, 0.1) is 11.4 Å². The average molecular weight is 470 g/mol. The molecule has 1 amide bonds. The minimum absolute atomic E-state index is 0.342. The van der Waals surface area contributed by atoms with E-state index in [1.807, 2.05) is 0 Å². The van der Waals surface area contributed by atoms with Crippen LogP contribution in [0.15, 0.2) is 36.0 Å². The van der Waals surface area contributed by atoms with Crippen LogP contribution >= 0.6 is 0 Å². The topological polar surface area (TPSA) is 117 Å². The van der Waals surface area contributed by atoms with Gasteiger partial charge in [-0.2, -0.15) is 0 Å². The molecule has 180 valence electrons. The number of halogens is 1. The number of aliphatic carboxylic acids is 1. The first-order valence-electron chi connectivity index (χ1n) is 11.2. The summed E-state index contributed by atoms with van der Waals surface area (Å²) in [6, 6.07) is 5.10. The van der Waals surface area contributed by atoms with Crippen molar-refractivity contribution < 1.29 is 23.8 Å². The number of aryl methyl sites for hydroxylation is 1. The number of nitrogens with zero attached hydrogens (tertiary/aromatic N) is 3. The van der Waals surface area contributed by atoms with Crippen molar-refractivity contribution in [2.75, 3.05) is 13.1 Å². The molecule has 0 spiro atoms. The molecule has 0 fully saturated rings. The van der Waals surface area contributed by atoms with Crippen molar-refractivity contribution in [3.05, 3.63) is 53.1 Å². The van der Waals surface area contributed by atoms with Crippen molar-refractivity contribution in [2.24, 2.45) is 0 Å². The molecule has 1 aliphatic heterocycles. The van der Waals surface area contributed by atoms with E-state index >= 15 is 0 Å². The van der Waals surface area contributed by atoms with Crippen LogP contribution in [0.3, 0.4) is 0 Å². The van der Waals surface area contributed by atoms with Crippen LogP contribution in [0.4, 0.5) is 9.18 Å². The van der Waals surface area contributed by atoms with Crippen LogP contribution < -0.4 is 10.7 Å². The summed E-state index contributed by atoms with van der Waals surface area (Å²) in [5.74, 6) is -0.847. The summed E-state index contributed by atoms with van der Waals surface area (Å²) in [5.41, 5.74) is 6.36. The quantitative estimate of drug-likeness (QED) is 0.553. The molecule has 0 saturated carbocycles. The number of carboxylic acids is 1. The van der Waals surface area contributed by atoms with E-state index in [2.05, 4.69) is 15.7 Å². The van der Waals surface area contributed by atoms with Gasteiger partial charge in [-0.3, -0.25) is 4.79 Å². The molecule has 9 nitrogen and oxygen atoms in total. The lowest BCUT2D eigenvalue weighted by Gasteiger charge is -2.23. The van der Waals surface area contributed by atoms with E-state index in [9.17, 15) is 19.1 Å². The van der Waals surface area contributed by atoms with Gasteiger partial charge in [0.1, 0.15) is 17.5 Å². The van der Waals surface area contributed by atoms with Crippen LogP contribution in [0.2, 0.25) is 0 Å². The van der Waals surface area contributed by atoms with E-state index in [4.69, 9.17) is 9.72 Å². The Morgan fingerprint density at radius 1 is 1.26 bits per heavy atom. The van der Waals surface area contributed by atoms with Crippen molar-refractivity contribution in [3.63, 3.8) is 0 Å². The number of carboxylic acid groups (broad SMARTS) is 1. The molecule has 1 aromatic carbocycles. The van der Waals surface area contributed by atoms with Crippen LogP contribution in [-0.2, 0) is 16.0 Å². The largest absolute Gasteiger partial charge is 0.480 e. The van der Waals surface area contributed by atoms with Gasteiger partial charge in [-0.1, -0.05) is 0 Å². The minimum atomic E-state index is -0.950. The number of aromatic nitrogens is 2. The maximum atomic E-state index is 13.3. The molecule has 1 unspecified atom stereocenters. The molecule has 0 saturated heterocycles. The van der Waals surface area contributed by atoms with Gasteiger partial charge in [0, 0.05) is 24.8 Å². The standard InChI is InChI=1S/C24H28FN5O4/c1-24(2,3)34-23(33)26-11-4-12-30-20(22(31)32)17-10-7-15-13-27-21(28-18(15)19(17)29-30)14-5-8-16(25)9-6-14/h5-6,8-9,13,20,29H,4,7,10-12H2,1-3H3,(H,26,33)(H,31,32). The molecule has 34 heavy (non-hydrogen) atoms. The molecule has 1 aromatic heterocycles. The van der Waals surface area contributed by atoms with Gasteiger partial charge >= 0.3 is 12.1 Å². The lowest BCUT2D eigenvalue weighted by molar-refractivity contribution is -0.142. The zero-order chi connectivity index (χ0) is 24.5. The molecule has 3 N–H and O–H groups in total. The number of benzene rings is 1. The molecule has 2 aromatic rings. The fourth-order valence-electron chi connectivity index (χ4n) is 4.11. The molecular formula is C24H28FN5O4. The summed E-state index contributed by atoms with van der Waals surface area (Å²) in [6.07, 6.45) is 2.98. The summed E-state index contributed by atoms with van der Waals surface area (Å²) in [7, 11) is 0. The summed E-state index contributed by atoms with van der Waals surface area (Å²) < 4.78 is 18.5. The molecule has 10 heteroatoms. The van der Waals surface area contributed by atoms with Crippen molar-refractivity contribution in [3.8, 4) is 11.4 Å². The second-order valence-corrected chi connectivity index (χ2v) is 9.30. The van der Waals surface area contributed by atoms with Gasteiger partial charge in [-0.25, -0.2) is 24.2 Å². The maximum Gasteiger partial charge on any atom is 0.407 e. The average Bonchev–Trinajstić information content (AvgIpc) is 3.15. The number of amides is 1. The van der Waals surface area contributed by atoms with Gasteiger partial charge in [-0.05, 0) is 75.4 Å². The first-order chi connectivity index (χ1) is 16.1. The first-order valence-corrected chi connectivity index (χ1v) is 11.2. The van der Waals surface area contributed by atoms with Crippen LogP contribution in [0, 0.1) is 5.82 Å². The SMILES string of the molecule is CC(C)(C)OC(=O)NCCCN1NC2=C(CCc3cnc(-c4ccc(F)cc4)nc32)C1C(=O)O. The number of carbonyl (C=O) groups excluding carboxylic acids is 1. The van der Waals surface area contributed by atoms with Gasteiger partial charge in [0.25, 0.3) is 0 Å². The van der Waals surface area contributed by atoms with E-state index in [-0.39, 0.29) is 5.82 Å². The van der Waals surface area contributed by atoms with Crippen molar-refractivity contribution in [1.29, 1.82) is 0 Å². The zero-order valence-corrected chi connectivity index (χ0v) is 19.4. The number of hydrazine groups is 1. The third-order valence-corrected chi connectivity index (χ3v) is 5.56. The lowest BCUT2D eigenvalue weighted by atomic mass is 9.90.